The summed E-state index contributed by atoms with van der Waals surface area (Å²) in [6, 6.07) is 5.59. The predicted octanol–water partition coefficient (Wildman–Crippen LogP) is 0.528. The van der Waals surface area contributed by atoms with Gasteiger partial charge in [-0.2, -0.15) is 0 Å². The van der Waals surface area contributed by atoms with Crippen LogP contribution in [0.25, 0.3) is 11.4 Å². The Labute approximate surface area is 86.6 Å². The Balaban J connectivity index is 2.46. The van der Waals surface area contributed by atoms with E-state index in [0.717, 1.165) is 11.4 Å². The third-order valence-corrected chi connectivity index (χ3v) is 1.90. The molecule has 0 aliphatic rings. The summed E-state index contributed by atoms with van der Waals surface area (Å²) < 4.78 is 0. The lowest BCUT2D eigenvalue weighted by molar-refractivity contribution is 0.937. The van der Waals surface area contributed by atoms with Gasteiger partial charge in [0.1, 0.15) is 5.69 Å². The predicted molar refractivity (Wildman–Crippen MR) is 55.6 cm³/mol. The van der Waals surface area contributed by atoms with Crippen molar-refractivity contribution in [3.8, 4) is 11.4 Å². The van der Waals surface area contributed by atoms with Crippen LogP contribution in [0.4, 0.5) is 5.95 Å². The zero-order chi connectivity index (χ0) is 10.7. The van der Waals surface area contributed by atoms with Crippen molar-refractivity contribution in [2.24, 2.45) is 5.84 Å². The van der Waals surface area contributed by atoms with Crippen LogP contribution in [-0.2, 0) is 0 Å². The van der Waals surface area contributed by atoms with Crippen LogP contribution in [0.1, 0.15) is 5.69 Å². The van der Waals surface area contributed by atoms with Crippen LogP contribution in [0.5, 0.6) is 0 Å². The maximum atomic E-state index is 5.18. The zero-order valence-electron chi connectivity index (χ0n) is 8.18. The summed E-state index contributed by atoms with van der Waals surface area (Å²) in [6.45, 7) is 1.83. The molecule has 0 spiro atoms. The molecule has 0 aliphatic carbocycles. The molecule has 6 nitrogen and oxygen atoms in total. The summed E-state index contributed by atoms with van der Waals surface area (Å²) in [4.78, 5) is 8.29. The second-order valence-electron chi connectivity index (χ2n) is 2.93. The lowest BCUT2D eigenvalue weighted by Crippen LogP contribution is -2.12. The van der Waals surface area contributed by atoms with Crippen LogP contribution in [0.2, 0.25) is 0 Å². The molecule has 0 atom stereocenters. The largest absolute Gasteiger partial charge is 0.291 e. The highest BCUT2D eigenvalue weighted by Crippen LogP contribution is 2.15. The van der Waals surface area contributed by atoms with Gasteiger partial charge in [-0.25, -0.2) is 10.8 Å². The molecule has 2 rings (SSSR count). The van der Waals surface area contributed by atoms with E-state index in [1.807, 2.05) is 25.1 Å². The van der Waals surface area contributed by atoms with E-state index in [2.05, 4.69) is 25.6 Å². The Bertz CT molecular complexity index is 455. The van der Waals surface area contributed by atoms with E-state index >= 15 is 0 Å². The Kier molecular flexibility index (Phi) is 2.51. The average molecular weight is 202 g/mol. The highest BCUT2D eigenvalue weighted by atomic mass is 15.3. The maximum absolute atomic E-state index is 5.18. The van der Waals surface area contributed by atoms with Crippen molar-refractivity contribution in [3.63, 3.8) is 0 Å². The number of pyridine rings is 1. The minimum Gasteiger partial charge on any atom is -0.291 e. The van der Waals surface area contributed by atoms with Gasteiger partial charge in [-0.1, -0.05) is 6.07 Å². The van der Waals surface area contributed by atoms with Gasteiger partial charge in [-0.15, -0.1) is 10.2 Å². The monoisotopic (exact) mass is 202 g/mol. The van der Waals surface area contributed by atoms with E-state index in [1.54, 1.807) is 6.20 Å². The van der Waals surface area contributed by atoms with Crippen molar-refractivity contribution in [1.29, 1.82) is 0 Å². The van der Waals surface area contributed by atoms with E-state index in [-0.39, 0.29) is 0 Å². The van der Waals surface area contributed by atoms with Crippen molar-refractivity contribution < 1.29 is 0 Å². The van der Waals surface area contributed by atoms with Gasteiger partial charge in [0.25, 0.3) is 5.95 Å². The number of aromatic nitrogens is 4. The van der Waals surface area contributed by atoms with Gasteiger partial charge < -0.3 is 0 Å². The third-order valence-electron chi connectivity index (χ3n) is 1.90. The van der Waals surface area contributed by atoms with Crippen LogP contribution in [0.15, 0.2) is 24.4 Å². The molecule has 0 fully saturated rings. The normalized spacial score (nSPS) is 10.0. The van der Waals surface area contributed by atoms with Crippen LogP contribution < -0.4 is 11.3 Å². The molecule has 0 aliphatic heterocycles. The summed E-state index contributed by atoms with van der Waals surface area (Å²) >= 11 is 0. The van der Waals surface area contributed by atoms with Gasteiger partial charge >= 0.3 is 0 Å². The molecule has 6 heteroatoms. The molecule has 0 saturated carbocycles. The second-order valence-corrected chi connectivity index (χ2v) is 2.93. The number of nitrogens with one attached hydrogen (secondary N) is 1. The Hall–Kier alpha value is -2.08. The van der Waals surface area contributed by atoms with E-state index in [0.29, 0.717) is 11.6 Å². The summed E-state index contributed by atoms with van der Waals surface area (Å²) in [5, 5.41) is 7.80. The number of hydrogen-bond acceptors (Lipinski definition) is 6. The van der Waals surface area contributed by atoms with Gasteiger partial charge in [0.05, 0.1) is 11.4 Å². The molecular weight excluding hydrogens is 192 g/mol. The van der Waals surface area contributed by atoms with Crippen molar-refractivity contribution in [2.75, 3.05) is 5.43 Å². The van der Waals surface area contributed by atoms with Crippen molar-refractivity contribution in [2.45, 2.75) is 6.92 Å². The van der Waals surface area contributed by atoms with Crippen LogP contribution >= 0.6 is 0 Å². The lowest BCUT2D eigenvalue weighted by atomic mass is 10.2. The first kappa shape index (κ1) is 9.47. The minimum absolute atomic E-state index is 0.298. The standard InChI is InChI=1S/C9H10N6/c1-6-8(7-4-2-3-5-11-7)14-15-9(12-6)13-10/h2-5H,10H2,1H3,(H,12,13,15). The first-order chi connectivity index (χ1) is 7.31. The SMILES string of the molecule is Cc1nc(NN)nnc1-c1ccccn1. The van der Waals surface area contributed by atoms with E-state index in [9.17, 15) is 0 Å². The molecule has 2 heterocycles. The van der Waals surface area contributed by atoms with Gasteiger partial charge in [0.15, 0.2) is 0 Å². The summed E-state index contributed by atoms with van der Waals surface area (Å²) in [7, 11) is 0. The number of nitrogens with zero attached hydrogens (tertiary/aromatic N) is 4. The highest BCUT2D eigenvalue weighted by Gasteiger charge is 2.07. The molecule has 0 radical (unpaired) electrons. The first-order valence-electron chi connectivity index (χ1n) is 4.40. The molecule has 0 unspecified atom stereocenters. The molecule has 0 saturated heterocycles. The Morgan fingerprint density at radius 2 is 2.13 bits per heavy atom. The summed E-state index contributed by atoms with van der Waals surface area (Å²) in [5.74, 6) is 5.48. The number of nitrogens with two attached hydrogens (primary N) is 1. The number of anilines is 1. The number of aryl methyl sites for hydroxylation is 1. The molecule has 76 valence electrons. The molecule has 15 heavy (non-hydrogen) atoms. The molecule has 0 bridgehead atoms. The summed E-state index contributed by atoms with van der Waals surface area (Å²) in [5.41, 5.74) is 4.48. The van der Waals surface area contributed by atoms with Gasteiger partial charge in [0.2, 0.25) is 0 Å². The fourth-order valence-electron chi connectivity index (χ4n) is 1.20. The third kappa shape index (κ3) is 1.89. The highest BCUT2D eigenvalue weighted by molar-refractivity contribution is 5.56. The quantitative estimate of drug-likeness (QED) is 0.545. The van der Waals surface area contributed by atoms with E-state index in [1.165, 1.54) is 0 Å². The molecule has 2 aromatic heterocycles. The van der Waals surface area contributed by atoms with Crippen molar-refractivity contribution in [1.82, 2.24) is 20.2 Å². The van der Waals surface area contributed by atoms with Crippen molar-refractivity contribution >= 4 is 5.95 Å². The molecular formula is C9H10N6. The lowest BCUT2D eigenvalue weighted by Gasteiger charge is -2.03. The van der Waals surface area contributed by atoms with E-state index in [4.69, 9.17) is 5.84 Å². The number of hydrazine groups is 1. The van der Waals surface area contributed by atoms with Crippen LogP contribution in [-0.4, -0.2) is 20.2 Å². The van der Waals surface area contributed by atoms with E-state index < -0.39 is 0 Å². The van der Waals surface area contributed by atoms with Gasteiger partial charge in [-0.05, 0) is 19.1 Å². The Morgan fingerprint density at radius 1 is 1.27 bits per heavy atom. The van der Waals surface area contributed by atoms with Crippen LogP contribution in [0, 0.1) is 6.92 Å². The molecule has 0 aromatic carbocycles. The Morgan fingerprint density at radius 3 is 2.73 bits per heavy atom. The molecule has 2 aromatic rings. The zero-order valence-corrected chi connectivity index (χ0v) is 8.18. The molecule has 3 N–H and O–H groups in total. The molecule has 0 amide bonds. The summed E-state index contributed by atoms with van der Waals surface area (Å²) in [6.07, 6.45) is 1.70. The van der Waals surface area contributed by atoms with Crippen molar-refractivity contribution in [3.05, 3.63) is 30.1 Å². The number of rotatable bonds is 2. The minimum atomic E-state index is 0.298. The second kappa shape index (κ2) is 3.97. The van der Waals surface area contributed by atoms with Gasteiger partial charge in [-0.3, -0.25) is 10.4 Å². The van der Waals surface area contributed by atoms with Gasteiger partial charge in [0, 0.05) is 6.20 Å². The average Bonchev–Trinajstić information content (AvgIpc) is 2.30. The topological polar surface area (TPSA) is 89.6 Å². The number of hydrogen-bond donors (Lipinski definition) is 2. The smallest absolute Gasteiger partial charge is 0.257 e. The first-order valence-corrected chi connectivity index (χ1v) is 4.40. The fourth-order valence-corrected chi connectivity index (χ4v) is 1.20. The maximum Gasteiger partial charge on any atom is 0.257 e. The fraction of sp³-hybridized carbons (Fsp3) is 0.111. The van der Waals surface area contributed by atoms with Crippen LogP contribution in [0.3, 0.4) is 0 Å². The number of nitrogen functional groups attached to an aromatic ring is 1.